The van der Waals surface area contributed by atoms with Gasteiger partial charge >= 0.3 is 0 Å². The van der Waals surface area contributed by atoms with Gasteiger partial charge in [-0.05, 0) is 44.4 Å². The van der Waals surface area contributed by atoms with Gasteiger partial charge < -0.3 is 11.1 Å². The first-order valence-corrected chi connectivity index (χ1v) is 7.22. The van der Waals surface area contributed by atoms with Gasteiger partial charge in [-0.25, -0.2) is 0 Å². The van der Waals surface area contributed by atoms with Gasteiger partial charge in [0.25, 0.3) is 0 Å². The minimum Gasteiger partial charge on any atom is -0.329 e. The Bertz CT molecular complexity index is 201. The number of hydrogen-bond donors (Lipinski definition) is 2. The molecule has 0 amide bonds. The van der Waals surface area contributed by atoms with E-state index in [4.69, 9.17) is 5.73 Å². The Morgan fingerprint density at radius 1 is 1.06 bits per heavy atom. The fourth-order valence-corrected chi connectivity index (χ4v) is 3.40. The Kier molecular flexibility index (Phi) is 4.26. The lowest BCUT2D eigenvalue weighted by Crippen LogP contribution is -2.57. The van der Waals surface area contributed by atoms with E-state index in [1.165, 1.54) is 57.8 Å². The maximum atomic E-state index is 6.04. The van der Waals surface area contributed by atoms with Gasteiger partial charge in [-0.1, -0.05) is 26.2 Å². The standard InChI is InChI=1S/C14H28N2/c1-12-7-9-14(11-15,10-8-12)16-13-5-3-2-4-6-13/h12-13,16H,2-11,15H2,1H3. The van der Waals surface area contributed by atoms with Crippen LogP contribution in [0.3, 0.4) is 0 Å². The molecule has 0 aromatic rings. The van der Waals surface area contributed by atoms with Gasteiger partial charge in [0.15, 0.2) is 0 Å². The first-order valence-electron chi connectivity index (χ1n) is 7.22. The molecule has 2 aliphatic carbocycles. The summed E-state index contributed by atoms with van der Waals surface area (Å²) in [4.78, 5) is 0. The molecule has 2 aliphatic rings. The van der Waals surface area contributed by atoms with Crippen LogP contribution >= 0.6 is 0 Å². The molecule has 2 nitrogen and oxygen atoms in total. The van der Waals surface area contributed by atoms with E-state index in [1.807, 2.05) is 0 Å². The molecule has 3 N–H and O–H groups in total. The van der Waals surface area contributed by atoms with Crippen molar-refractivity contribution in [1.82, 2.24) is 5.32 Å². The first-order chi connectivity index (χ1) is 7.74. The molecular formula is C14H28N2. The van der Waals surface area contributed by atoms with Crippen LogP contribution in [0.4, 0.5) is 0 Å². The summed E-state index contributed by atoms with van der Waals surface area (Å²) in [6.07, 6.45) is 12.3. The molecule has 0 heterocycles. The van der Waals surface area contributed by atoms with Crippen LogP contribution < -0.4 is 11.1 Å². The van der Waals surface area contributed by atoms with E-state index >= 15 is 0 Å². The summed E-state index contributed by atoms with van der Waals surface area (Å²) in [6, 6.07) is 0.755. The lowest BCUT2D eigenvalue weighted by Gasteiger charge is -2.43. The monoisotopic (exact) mass is 224 g/mol. The number of hydrogen-bond acceptors (Lipinski definition) is 2. The molecule has 94 valence electrons. The van der Waals surface area contributed by atoms with Crippen molar-refractivity contribution in [3.8, 4) is 0 Å². The first kappa shape index (κ1) is 12.4. The fraction of sp³-hybridized carbons (Fsp3) is 1.00. The van der Waals surface area contributed by atoms with Crippen LogP contribution in [0.15, 0.2) is 0 Å². The average Bonchev–Trinajstić information content (AvgIpc) is 2.34. The molecule has 0 aromatic carbocycles. The van der Waals surface area contributed by atoms with Gasteiger partial charge in [0.2, 0.25) is 0 Å². The third-order valence-corrected chi connectivity index (χ3v) is 4.74. The van der Waals surface area contributed by atoms with Crippen molar-refractivity contribution >= 4 is 0 Å². The van der Waals surface area contributed by atoms with Gasteiger partial charge in [-0.15, -0.1) is 0 Å². The van der Waals surface area contributed by atoms with E-state index in [2.05, 4.69) is 12.2 Å². The molecular weight excluding hydrogens is 196 g/mol. The van der Waals surface area contributed by atoms with Gasteiger partial charge in [-0.2, -0.15) is 0 Å². The highest BCUT2D eigenvalue weighted by Crippen LogP contribution is 2.33. The molecule has 0 aromatic heterocycles. The van der Waals surface area contributed by atoms with E-state index in [0.29, 0.717) is 0 Å². The summed E-state index contributed by atoms with van der Waals surface area (Å²) < 4.78 is 0. The van der Waals surface area contributed by atoms with Gasteiger partial charge in [0.1, 0.15) is 0 Å². The summed E-state index contributed by atoms with van der Waals surface area (Å²) in [6.45, 7) is 3.21. The average molecular weight is 224 g/mol. The maximum Gasteiger partial charge on any atom is 0.0306 e. The second-order valence-corrected chi connectivity index (χ2v) is 6.15. The maximum absolute atomic E-state index is 6.04. The Morgan fingerprint density at radius 2 is 1.69 bits per heavy atom. The highest BCUT2D eigenvalue weighted by Gasteiger charge is 2.34. The van der Waals surface area contributed by atoms with Gasteiger partial charge in [0, 0.05) is 18.1 Å². The summed E-state index contributed by atoms with van der Waals surface area (Å²) in [7, 11) is 0. The zero-order valence-corrected chi connectivity index (χ0v) is 10.8. The SMILES string of the molecule is CC1CCC(CN)(NC2CCCCC2)CC1. The third kappa shape index (κ3) is 2.98. The lowest BCUT2D eigenvalue weighted by atomic mass is 9.76. The van der Waals surface area contributed by atoms with Crippen LogP contribution in [0.2, 0.25) is 0 Å². The van der Waals surface area contributed by atoms with E-state index in [0.717, 1.165) is 18.5 Å². The molecule has 2 rings (SSSR count). The minimum atomic E-state index is 0.286. The molecule has 16 heavy (non-hydrogen) atoms. The lowest BCUT2D eigenvalue weighted by molar-refractivity contribution is 0.168. The van der Waals surface area contributed by atoms with E-state index < -0.39 is 0 Å². The fourth-order valence-electron chi connectivity index (χ4n) is 3.40. The Labute approximate surface area is 100 Å². The Hall–Kier alpha value is -0.0800. The molecule has 0 radical (unpaired) electrons. The summed E-state index contributed by atoms with van der Waals surface area (Å²) >= 11 is 0. The molecule has 0 saturated heterocycles. The normalized spacial score (nSPS) is 37.5. The smallest absolute Gasteiger partial charge is 0.0306 e. The molecule has 2 heteroatoms. The molecule has 0 unspecified atom stereocenters. The third-order valence-electron chi connectivity index (χ3n) is 4.74. The van der Waals surface area contributed by atoms with Crippen LogP contribution in [0.1, 0.15) is 64.7 Å². The summed E-state index contributed by atoms with van der Waals surface area (Å²) in [5, 5.41) is 3.92. The number of nitrogens with one attached hydrogen (secondary N) is 1. The van der Waals surface area contributed by atoms with Crippen LogP contribution in [-0.4, -0.2) is 18.1 Å². The second-order valence-electron chi connectivity index (χ2n) is 6.15. The molecule has 2 fully saturated rings. The minimum absolute atomic E-state index is 0.286. The zero-order valence-electron chi connectivity index (χ0n) is 10.8. The van der Waals surface area contributed by atoms with Crippen molar-refractivity contribution in [1.29, 1.82) is 0 Å². The van der Waals surface area contributed by atoms with Crippen LogP contribution in [0.25, 0.3) is 0 Å². The van der Waals surface area contributed by atoms with Gasteiger partial charge in [-0.3, -0.25) is 0 Å². The predicted octanol–water partition coefficient (Wildman–Crippen LogP) is 2.82. The molecule has 0 aliphatic heterocycles. The Morgan fingerprint density at radius 3 is 2.25 bits per heavy atom. The quantitative estimate of drug-likeness (QED) is 0.773. The van der Waals surface area contributed by atoms with Crippen molar-refractivity contribution in [2.45, 2.75) is 76.3 Å². The van der Waals surface area contributed by atoms with E-state index in [1.54, 1.807) is 0 Å². The molecule has 0 bridgehead atoms. The van der Waals surface area contributed by atoms with E-state index in [9.17, 15) is 0 Å². The van der Waals surface area contributed by atoms with Gasteiger partial charge in [0.05, 0.1) is 0 Å². The number of nitrogens with two attached hydrogens (primary N) is 1. The van der Waals surface area contributed by atoms with Crippen LogP contribution in [-0.2, 0) is 0 Å². The highest BCUT2D eigenvalue weighted by molar-refractivity contribution is 4.95. The molecule has 2 saturated carbocycles. The zero-order chi connectivity index (χ0) is 11.4. The van der Waals surface area contributed by atoms with Crippen molar-refractivity contribution in [3.05, 3.63) is 0 Å². The van der Waals surface area contributed by atoms with Crippen molar-refractivity contribution in [2.24, 2.45) is 11.7 Å². The van der Waals surface area contributed by atoms with E-state index in [-0.39, 0.29) is 5.54 Å². The predicted molar refractivity (Wildman–Crippen MR) is 69.4 cm³/mol. The van der Waals surface area contributed by atoms with Crippen LogP contribution in [0, 0.1) is 5.92 Å². The summed E-state index contributed by atoms with van der Waals surface area (Å²) in [5.74, 6) is 0.910. The largest absolute Gasteiger partial charge is 0.329 e. The highest BCUT2D eigenvalue weighted by atomic mass is 15.0. The molecule has 0 atom stereocenters. The van der Waals surface area contributed by atoms with Crippen molar-refractivity contribution in [2.75, 3.05) is 6.54 Å². The Balaban J connectivity index is 1.88. The summed E-state index contributed by atoms with van der Waals surface area (Å²) in [5.41, 5.74) is 6.32. The topological polar surface area (TPSA) is 38.0 Å². The van der Waals surface area contributed by atoms with Crippen LogP contribution in [0.5, 0.6) is 0 Å². The van der Waals surface area contributed by atoms with Crippen molar-refractivity contribution < 1.29 is 0 Å². The second kappa shape index (κ2) is 5.50. The number of rotatable bonds is 3. The molecule has 0 spiro atoms. The van der Waals surface area contributed by atoms with Crippen molar-refractivity contribution in [3.63, 3.8) is 0 Å².